The Balaban J connectivity index is 2.06. The molecule has 2 heteroatoms. The molecule has 1 aliphatic heterocycles. The molecule has 108 valence electrons. The Morgan fingerprint density at radius 2 is 2.25 bits per heavy atom. The zero-order valence-corrected chi connectivity index (χ0v) is 12.8. The SMILES string of the molecule is C=CC(C)N1CC[C@@]2(C)c3cc(O)ccc3CC1C2C. The molecule has 0 amide bonds. The van der Waals surface area contributed by atoms with Gasteiger partial charge in [-0.05, 0) is 60.9 Å². The fourth-order valence-corrected chi connectivity index (χ4v) is 4.28. The van der Waals surface area contributed by atoms with Crippen molar-refractivity contribution in [3.8, 4) is 5.75 Å². The van der Waals surface area contributed by atoms with Crippen molar-refractivity contribution in [2.45, 2.75) is 51.1 Å². The summed E-state index contributed by atoms with van der Waals surface area (Å²) in [6.45, 7) is 12.1. The number of phenols is 1. The molecule has 20 heavy (non-hydrogen) atoms. The van der Waals surface area contributed by atoms with Crippen molar-refractivity contribution in [2.24, 2.45) is 5.92 Å². The van der Waals surface area contributed by atoms with Crippen molar-refractivity contribution in [2.75, 3.05) is 6.54 Å². The minimum Gasteiger partial charge on any atom is -0.508 e. The van der Waals surface area contributed by atoms with Crippen LogP contribution in [-0.2, 0) is 11.8 Å². The van der Waals surface area contributed by atoms with Gasteiger partial charge in [-0.25, -0.2) is 0 Å². The largest absolute Gasteiger partial charge is 0.508 e. The number of nitrogens with zero attached hydrogens (tertiary/aromatic N) is 1. The minimum atomic E-state index is 0.189. The lowest BCUT2D eigenvalue weighted by Crippen LogP contribution is -2.59. The number of rotatable bonds is 2. The van der Waals surface area contributed by atoms with Crippen LogP contribution < -0.4 is 0 Å². The number of likely N-dealkylation sites (tertiary alicyclic amines) is 1. The van der Waals surface area contributed by atoms with E-state index in [4.69, 9.17) is 0 Å². The second kappa shape index (κ2) is 4.63. The highest BCUT2D eigenvalue weighted by Gasteiger charge is 2.48. The molecule has 0 saturated carbocycles. The van der Waals surface area contributed by atoms with Gasteiger partial charge in [-0.3, -0.25) is 4.90 Å². The standard InChI is InChI=1S/C18H25NO/c1-5-12(2)19-9-8-18(4)13(3)17(19)10-14-6-7-15(20)11-16(14)18/h5-7,11-13,17,20H,1,8-10H2,2-4H3/t12?,13?,17?,18-/m1/s1. The van der Waals surface area contributed by atoms with E-state index < -0.39 is 0 Å². The molecule has 1 saturated heterocycles. The summed E-state index contributed by atoms with van der Waals surface area (Å²) in [7, 11) is 0. The van der Waals surface area contributed by atoms with Crippen LogP contribution >= 0.6 is 0 Å². The maximum absolute atomic E-state index is 9.84. The third-order valence-corrected chi connectivity index (χ3v) is 5.90. The molecule has 0 spiro atoms. The highest BCUT2D eigenvalue weighted by Crippen LogP contribution is 2.49. The molecular formula is C18H25NO. The summed E-state index contributed by atoms with van der Waals surface area (Å²) in [5.74, 6) is 1.01. The van der Waals surface area contributed by atoms with Crippen molar-refractivity contribution < 1.29 is 5.11 Å². The first kappa shape index (κ1) is 13.7. The van der Waals surface area contributed by atoms with Gasteiger partial charge in [-0.15, -0.1) is 6.58 Å². The molecule has 2 nitrogen and oxygen atoms in total. The van der Waals surface area contributed by atoms with Crippen LogP contribution in [0.25, 0.3) is 0 Å². The van der Waals surface area contributed by atoms with E-state index >= 15 is 0 Å². The van der Waals surface area contributed by atoms with Crippen LogP contribution in [0.2, 0.25) is 0 Å². The molecule has 1 aliphatic carbocycles. The van der Waals surface area contributed by atoms with Crippen LogP contribution in [0.5, 0.6) is 5.75 Å². The Bertz CT molecular complexity index is 538. The molecule has 3 rings (SSSR count). The number of fused-ring (bicyclic) bond motifs is 4. The van der Waals surface area contributed by atoms with Crippen LogP contribution in [0.1, 0.15) is 38.3 Å². The van der Waals surface area contributed by atoms with Crippen molar-refractivity contribution >= 4 is 0 Å². The van der Waals surface area contributed by atoms with Gasteiger partial charge in [0.1, 0.15) is 5.75 Å². The summed E-state index contributed by atoms with van der Waals surface area (Å²) in [4.78, 5) is 2.61. The maximum atomic E-state index is 9.84. The van der Waals surface area contributed by atoms with E-state index in [1.165, 1.54) is 11.1 Å². The first-order valence-corrected chi connectivity index (χ1v) is 7.68. The second-order valence-electron chi connectivity index (χ2n) is 6.78. The van der Waals surface area contributed by atoms with Crippen LogP contribution in [0.3, 0.4) is 0 Å². The van der Waals surface area contributed by atoms with Crippen LogP contribution in [-0.4, -0.2) is 28.6 Å². The van der Waals surface area contributed by atoms with Crippen LogP contribution in [0.15, 0.2) is 30.9 Å². The molecule has 1 aromatic rings. The Kier molecular flexibility index (Phi) is 3.17. The van der Waals surface area contributed by atoms with Gasteiger partial charge in [0.05, 0.1) is 0 Å². The average Bonchev–Trinajstić information content (AvgIpc) is 2.43. The highest BCUT2D eigenvalue weighted by atomic mass is 16.3. The van der Waals surface area contributed by atoms with Gasteiger partial charge < -0.3 is 5.11 Å². The molecule has 2 bridgehead atoms. The van der Waals surface area contributed by atoms with E-state index in [0.29, 0.717) is 23.8 Å². The Labute approximate surface area is 122 Å². The number of aromatic hydroxyl groups is 1. The molecular weight excluding hydrogens is 246 g/mol. The number of benzene rings is 1. The minimum absolute atomic E-state index is 0.189. The van der Waals surface area contributed by atoms with Gasteiger partial charge in [-0.2, -0.15) is 0 Å². The molecule has 2 aliphatic rings. The molecule has 1 heterocycles. The van der Waals surface area contributed by atoms with E-state index in [2.05, 4.69) is 44.4 Å². The smallest absolute Gasteiger partial charge is 0.115 e. The lowest BCUT2D eigenvalue weighted by Gasteiger charge is -2.55. The summed E-state index contributed by atoms with van der Waals surface area (Å²) in [5.41, 5.74) is 2.97. The summed E-state index contributed by atoms with van der Waals surface area (Å²) >= 11 is 0. The lowest BCUT2D eigenvalue weighted by atomic mass is 9.59. The normalized spacial score (nSPS) is 34.4. The van der Waals surface area contributed by atoms with E-state index in [1.54, 1.807) is 0 Å². The fraction of sp³-hybridized carbons (Fsp3) is 0.556. The van der Waals surface area contributed by atoms with Gasteiger partial charge in [-0.1, -0.05) is 26.0 Å². The lowest BCUT2D eigenvalue weighted by molar-refractivity contribution is 0.0180. The van der Waals surface area contributed by atoms with Gasteiger partial charge in [0.15, 0.2) is 0 Å². The van der Waals surface area contributed by atoms with Crippen LogP contribution in [0.4, 0.5) is 0 Å². The summed E-state index contributed by atoms with van der Waals surface area (Å²) in [6, 6.07) is 6.96. The van der Waals surface area contributed by atoms with Crippen molar-refractivity contribution in [1.29, 1.82) is 0 Å². The molecule has 3 unspecified atom stereocenters. The van der Waals surface area contributed by atoms with Crippen molar-refractivity contribution in [1.82, 2.24) is 4.90 Å². The van der Waals surface area contributed by atoms with Gasteiger partial charge in [0.2, 0.25) is 0 Å². The van der Waals surface area contributed by atoms with Crippen LogP contribution in [0, 0.1) is 5.92 Å². The van der Waals surface area contributed by atoms with Gasteiger partial charge in [0.25, 0.3) is 0 Å². The Hall–Kier alpha value is -1.28. The second-order valence-corrected chi connectivity index (χ2v) is 6.78. The first-order valence-electron chi connectivity index (χ1n) is 7.68. The fourth-order valence-electron chi connectivity index (χ4n) is 4.28. The molecule has 1 N–H and O–H groups in total. The number of phenolic OH excluding ortho intramolecular Hbond substituents is 1. The third kappa shape index (κ3) is 1.81. The third-order valence-electron chi connectivity index (χ3n) is 5.90. The first-order chi connectivity index (χ1) is 9.47. The molecule has 0 aromatic heterocycles. The number of hydrogen-bond donors (Lipinski definition) is 1. The van der Waals surface area contributed by atoms with E-state index in [0.717, 1.165) is 19.4 Å². The van der Waals surface area contributed by atoms with E-state index in [9.17, 15) is 5.11 Å². The summed E-state index contributed by atoms with van der Waals surface area (Å²) < 4.78 is 0. The Morgan fingerprint density at radius 1 is 1.50 bits per heavy atom. The number of piperidine rings is 1. The van der Waals surface area contributed by atoms with Crippen molar-refractivity contribution in [3.63, 3.8) is 0 Å². The molecule has 1 aromatic carbocycles. The van der Waals surface area contributed by atoms with Gasteiger partial charge in [0, 0.05) is 12.1 Å². The quantitative estimate of drug-likeness (QED) is 0.832. The monoisotopic (exact) mass is 271 g/mol. The maximum Gasteiger partial charge on any atom is 0.115 e. The highest BCUT2D eigenvalue weighted by molar-refractivity contribution is 5.44. The predicted molar refractivity (Wildman–Crippen MR) is 83.1 cm³/mol. The molecule has 4 atom stereocenters. The van der Waals surface area contributed by atoms with E-state index in [-0.39, 0.29) is 5.41 Å². The predicted octanol–water partition coefficient (Wildman–Crippen LogP) is 3.49. The zero-order chi connectivity index (χ0) is 14.5. The average molecular weight is 271 g/mol. The molecule has 1 fully saturated rings. The number of hydrogen-bond acceptors (Lipinski definition) is 2. The Morgan fingerprint density at radius 3 is 2.95 bits per heavy atom. The topological polar surface area (TPSA) is 23.5 Å². The zero-order valence-electron chi connectivity index (χ0n) is 12.8. The summed E-state index contributed by atoms with van der Waals surface area (Å²) in [5, 5.41) is 9.84. The van der Waals surface area contributed by atoms with E-state index in [1.807, 2.05) is 12.1 Å². The molecule has 0 radical (unpaired) electrons. The van der Waals surface area contributed by atoms with Crippen molar-refractivity contribution in [3.05, 3.63) is 42.0 Å². The van der Waals surface area contributed by atoms with Gasteiger partial charge >= 0.3 is 0 Å². The summed E-state index contributed by atoms with van der Waals surface area (Å²) in [6.07, 6.45) is 4.30.